The summed E-state index contributed by atoms with van der Waals surface area (Å²) in [6.45, 7) is 12.6. The van der Waals surface area contributed by atoms with Gasteiger partial charge < -0.3 is 9.88 Å². The Morgan fingerprint density at radius 3 is 1.65 bits per heavy atom. The van der Waals surface area contributed by atoms with Crippen molar-refractivity contribution in [3.05, 3.63) is 192 Å². The highest BCUT2D eigenvalue weighted by molar-refractivity contribution is 6.09. The van der Waals surface area contributed by atoms with E-state index in [0.29, 0.717) is 0 Å². The molecule has 9 rings (SSSR count). The summed E-state index contributed by atoms with van der Waals surface area (Å²) < 4.78 is 4.56. The maximum atomic E-state index is 5.02. The molecule has 4 nitrogen and oxygen atoms in total. The number of aromatic nitrogens is 2. The SMILES string of the molecule is C=Cc1c(/C=C\C)n(C2=NC(C)C=C(c3ccc(-n4c5ccccc5c5ccccc54)cc3)N2)c2ccccc12.Cc1ccccc1-c1ccccc1C. The molecular formula is C50H44N4. The number of para-hydroxylation sites is 3. The van der Waals surface area contributed by atoms with E-state index < -0.39 is 0 Å². The maximum Gasteiger partial charge on any atom is 0.208 e. The van der Waals surface area contributed by atoms with Gasteiger partial charge in [0.25, 0.3) is 0 Å². The number of benzene rings is 6. The highest BCUT2D eigenvalue weighted by atomic mass is 15.2. The van der Waals surface area contributed by atoms with Gasteiger partial charge in [-0.05, 0) is 98.0 Å². The summed E-state index contributed by atoms with van der Waals surface area (Å²) in [4.78, 5) is 5.02. The molecule has 264 valence electrons. The number of nitrogens with zero attached hydrogens (tertiary/aromatic N) is 3. The molecule has 1 N–H and O–H groups in total. The lowest BCUT2D eigenvalue weighted by molar-refractivity contribution is 0.866. The number of nitrogens with one attached hydrogen (secondary N) is 1. The van der Waals surface area contributed by atoms with Gasteiger partial charge in [-0.15, -0.1) is 0 Å². The second-order valence-electron chi connectivity index (χ2n) is 13.8. The average Bonchev–Trinajstić information content (AvgIpc) is 3.71. The van der Waals surface area contributed by atoms with Crippen molar-refractivity contribution >= 4 is 56.5 Å². The molecule has 2 aromatic heterocycles. The van der Waals surface area contributed by atoms with E-state index in [1.54, 1.807) is 0 Å². The molecule has 3 heterocycles. The topological polar surface area (TPSA) is 34.2 Å². The lowest BCUT2D eigenvalue weighted by Gasteiger charge is -2.23. The standard InChI is InChI=1S/C36H30N4.C14H14/c1-4-12-32-27(5-2)28-13-6-11-18-35(28)40(32)36-37-24(3)23-31(38-36)25-19-21-26(22-20-25)39-33-16-9-7-14-29(33)30-15-8-10-17-34(30)39;1-11-7-3-5-9-13(11)14-10-6-4-8-12(14)2/h4-24H,2H2,1,3H3,(H,37,38);3-10H,1-2H3/b12-4-;. The van der Waals surface area contributed by atoms with Crippen LogP contribution in [0.4, 0.5) is 0 Å². The smallest absolute Gasteiger partial charge is 0.208 e. The van der Waals surface area contributed by atoms with Gasteiger partial charge in [0.05, 0.1) is 28.3 Å². The zero-order valence-corrected chi connectivity index (χ0v) is 31.3. The quantitative estimate of drug-likeness (QED) is 0.191. The van der Waals surface area contributed by atoms with Crippen molar-refractivity contribution in [1.29, 1.82) is 0 Å². The Morgan fingerprint density at radius 2 is 1.11 bits per heavy atom. The van der Waals surface area contributed by atoms with Gasteiger partial charge in [-0.1, -0.05) is 134 Å². The van der Waals surface area contributed by atoms with Crippen molar-refractivity contribution in [2.45, 2.75) is 33.7 Å². The number of aryl methyl sites for hydroxylation is 2. The molecule has 0 saturated heterocycles. The number of allylic oxidation sites excluding steroid dienone is 1. The number of aliphatic imine (C=N–C) groups is 1. The average molecular weight is 701 g/mol. The highest BCUT2D eigenvalue weighted by Gasteiger charge is 2.22. The highest BCUT2D eigenvalue weighted by Crippen LogP contribution is 2.33. The van der Waals surface area contributed by atoms with Crippen LogP contribution in [0.2, 0.25) is 0 Å². The summed E-state index contributed by atoms with van der Waals surface area (Å²) in [5.41, 5.74) is 14.4. The van der Waals surface area contributed by atoms with Gasteiger partial charge >= 0.3 is 0 Å². The number of hydrogen-bond acceptors (Lipinski definition) is 2. The van der Waals surface area contributed by atoms with Crippen LogP contribution >= 0.6 is 0 Å². The minimum Gasteiger partial charge on any atom is -0.325 e. The van der Waals surface area contributed by atoms with Crippen LogP contribution < -0.4 is 5.32 Å². The molecule has 6 aromatic carbocycles. The normalized spacial score (nSPS) is 14.1. The lowest BCUT2D eigenvalue weighted by Crippen LogP contribution is -2.34. The Hall–Kier alpha value is -6.65. The molecule has 4 heteroatoms. The minimum absolute atomic E-state index is 0.0232. The van der Waals surface area contributed by atoms with Crippen LogP contribution in [0.1, 0.15) is 41.8 Å². The summed E-state index contributed by atoms with van der Waals surface area (Å²) in [5.74, 6) is 0.814. The van der Waals surface area contributed by atoms with E-state index in [0.717, 1.165) is 45.1 Å². The van der Waals surface area contributed by atoms with E-state index in [-0.39, 0.29) is 6.04 Å². The third-order valence-corrected chi connectivity index (χ3v) is 10.3. The first-order valence-corrected chi connectivity index (χ1v) is 18.6. The van der Waals surface area contributed by atoms with Gasteiger partial charge in [-0.2, -0.15) is 0 Å². The van der Waals surface area contributed by atoms with Crippen molar-refractivity contribution in [3.8, 4) is 16.8 Å². The molecule has 8 aromatic rings. The van der Waals surface area contributed by atoms with Crippen molar-refractivity contribution in [3.63, 3.8) is 0 Å². The molecule has 1 aliphatic rings. The summed E-state index contributed by atoms with van der Waals surface area (Å²) in [6, 6.07) is 51.5. The Balaban J connectivity index is 0.000000248. The molecule has 1 atom stereocenters. The molecule has 0 aliphatic carbocycles. The molecule has 0 spiro atoms. The van der Waals surface area contributed by atoms with Crippen molar-refractivity contribution < 1.29 is 0 Å². The van der Waals surface area contributed by atoms with Crippen LogP contribution in [0.15, 0.2) is 169 Å². The Labute approximate surface area is 317 Å². The van der Waals surface area contributed by atoms with Gasteiger partial charge in [0.1, 0.15) is 0 Å². The van der Waals surface area contributed by atoms with Crippen LogP contribution in [0, 0.1) is 13.8 Å². The van der Waals surface area contributed by atoms with Crippen LogP contribution in [0.5, 0.6) is 0 Å². The summed E-state index contributed by atoms with van der Waals surface area (Å²) >= 11 is 0. The monoisotopic (exact) mass is 700 g/mol. The molecule has 1 aliphatic heterocycles. The fourth-order valence-corrected chi connectivity index (χ4v) is 7.74. The number of fused-ring (bicyclic) bond motifs is 4. The Bertz CT molecular complexity index is 2650. The van der Waals surface area contributed by atoms with E-state index in [4.69, 9.17) is 4.99 Å². The van der Waals surface area contributed by atoms with Crippen LogP contribution in [0.3, 0.4) is 0 Å². The van der Waals surface area contributed by atoms with Crippen LogP contribution in [0.25, 0.3) is 67.4 Å². The number of rotatable bonds is 5. The van der Waals surface area contributed by atoms with E-state index in [1.165, 1.54) is 44.1 Å². The van der Waals surface area contributed by atoms with Gasteiger partial charge in [0, 0.05) is 33.1 Å². The predicted octanol–water partition coefficient (Wildman–Crippen LogP) is 12.6. The van der Waals surface area contributed by atoms with Crippen LogP contribution in [-0.2, 0) is 0 Å². The summed E-state index contributed by atoms with van der Waals surface area (Å²) in [7, 11) is 0. The Morgan fingerprint density at radius 1 is 0.611 bits per heavy atom. The van der Waals surface area contributed by atoms with E-state index in [1.807, 2.05) is 13.0 Å². The maximum absolute atomic E-state index is 5.02. The second kappa shape index (κ2) is 14.8. The second-order valence-corrected chi connectivity index (χ2v) is 13.8. The van der Waals surface area contributed by atoms with Crippen molar-refractivity contribution in [2.24, 2.45) is 4.99 Å². The molecule has 0 fully saturated rings. The first-order chi connectivity index (χ1) is 26.5. The van der Waals surface area contributed by atoms with Gasteiger partial charge in [-0.3, -0.25) is 4.57 Å². The zero-order valence-electron chi connectivity index (χ0n) is 31.3. The fraction of sp³-hybridized carbons (Fsp3) is 0.100. The molecule has 54 heavy (non-hydrogen) atoms. The summed E-state index contributed by atoms with van der Waals surface area (Å²) in [5, 5.41) is 7.35. The first kappa shape index (κ1) is 34.4. The van der Waals surface area contributed by atoms with E-state index >= 15 is 0 Å². The largest absolute Gasteiger partial charge is 0.325 e. The van der Waals surface area contributed by atoms with Crippen molar-refractivity contribution in [2.75, 3.05) is 0 Å². The Kier molecular flexibility index (Phi) is 9.42. The molecule has 0 bridgehead atoms. The van der Waals surface area contributed by atoms with Gasteiger partial charge in [-0.25, -0.2) is 4.99 Å². The molecule has 0 radical (unpaired) electrons. The lowest BCUT2D eigenvalue weighted by atomic mass is 9.97. The first-order valence-electron chi connectivity index (χ1n) is 18.6. The zero-order chi connectivity index (χ0) is 37.2. The van der Waals surface area contributed by atoms with E-state index in [2.05, 4.69) is 206 Å². The van der Waals surface area contributed by atoms with Gasteiger partial charge in [0.2, 0.25) is 5.96 Å². The third kappa shape index (κ3) is 6.26. The molecule has 0 amide bonds. The molecule has 0 saturated carbocycles. The predicted molar refractivity (Wildman–Crippen MR) is 232 cm³/mol. The van der Waals surface area contributed by atoms with E-state index in [9.17, 15) is 0 Å². The molecule has 1 unspecified atom stereocenters. The van der Waals surface area contributed by atoms with Crippen LogP contribution in [-0.4, -0.2) is 21.1 Å². The minimum atomic E-state index is 0.0232. The number of hydrogen-bond donors (Lipinski definition) is 1. The molecular weight excluding hydrogens is 657 g/mol. The van der Waals surface area contributed by atoms with Gasteiger partial charge in [0.15, 0.2) is 0 Å². The third-order valence-electron chi connectivity index (χ3n) is 10.3. The summed E-state index contributed by atoms with van der Waals surface area (Å²) in [6.07, 6.45) is 8.32. The van der Waals surface area contributed by atoms with Crippen molar-refractivity contribution in [1.82, 2.24) is 14.5 Å². The fourth-order valence-electron chi connectivity index (χ4n) is 7.74.